The molecule has 24 heavy (non-hydrogen) atoms. The first kappa shape index (κ1) is 13.9. The predicted molar refractivity (Wildman–Crippen MR) is 88.3 cm³/mol. The fourth-order valence-electron chi connectivity index (χ4n) is 3.56. The Morgan fingerprint density at radius 2 is 2.21 bits per heavy atom. The van der Waals surface area contributed by atoms with Gasteiger partial charge in [-0.2, -0.15) is 5.10 Å². The third-order valence-electron chi connectivity index (χ3n) is 4.79. The largest absolute Gasteiger partial charge is 0.322 e. The number of hydrogen-bond donors (Lipinski definition) is 1. The topological polar surface area (TPSA) is 73.5 Å². The van der Waals surface area contributed by atoms with E-state index in [1.807, 2.05) is 18.6 Å². The van der Waals surface area contributed by atoms with Crippen LogP contribution in [0.4, 0.5) is 0 Å². The zero-order valence-corrected chi connectivity index (χ0v) is 13.4. The highest BCUT2D eigenvalue weighted by molar-refractivity contribution is 5.50. The molecule has 3 aromatic rings. The number of nitrogens with zero attached hydrogens (tertiary/aromatic N) is 6. The minimum absolute atomic E-state index is 0.628. The second-order valence-electron chi connectivity index (χ2n) is 6.41. The van der Waals surface area contributed by atoms with Crippen molar-refractivity contribution in [3.05, 3.63) is 47.4 Å². The Hall–Kier alpha value is -2.54. The molecule has 0 unspecified atom stereocenters. The van der Waals surface area contributed by atoms with Crippen LogP contribution >= 0.6 is 0 Å². The van der Waals surface area contributed by atoms with Crippen molar-refractivity contribution in [3.8, 4) is 11.5 Å². The first-order valence-corrected chi connectivity index (χ1v) is 8.49. The number of imidazole rings is 1. The lowest BCUT2D eigenvalue weighted by molar-refractivity contribution is 0.476. The molecule has 2 aliphatic rings. The summed E-state index contributed by atoms with van der Waals surface area (Å²) >= 11 is 0. The maximum atomic E-state index is 4.73. The molecular weight excluding hydrogens is 302 g/mol. The van der Waals surface area contributed by atoms with Gasteiger partial charge in [-0.05, 0) is 30.9 Å². The van der Waals surface area contributed by atoms with E-state index in [2.05, 4.69) is 30.6 Å². The first-order chi connectivity index (χ1) is 11.9. The maximum Gasteiger partial charge on any atom is 0.160 e. The van der Waals surface area contributed by atoms with Gasteiger partial charge in [0, 0.05) is 37.4 Å². The van der Waals surface area contributed by atoms with E-state index in [0.717, 1.165) is 49.8 Å². The van der Waals surface area contributed by atoms with Crippen molar-refractivity contribution >= 4 is 0 Å². The standard InChI is InChI=1S/C17H19N7/c1-2-12-9-20-16(21-14(12)3-1)11-23-6-5-19-17(23)15-8-13-10-18-4-7-24(13)22-15/h5-6,8-9,18H,1-4,7,10-11H2. The molecule has 0 amide bonds. The third kappa shape index (κ3) is 2.32. The number of aryl methyl sites for hydroxylation is 2. The zero-order chi connectivity index (χ0) is 15.9. The molecular formula is C17H19N7. The van der Waals surface area contributed by atoms with Gasteiger partial charge in [-0.1, -0.05) is 0 Å². The first-order valence-electron chi connectivity index (χ1n) is 8.49. The monoisotopic (exact) mass is 321 g/mol. The van der Waals surface area contributed by atoms with Crippen LogP contribution in [0.5, 0.6) is 0 Å². The van der Waals surface area contributed by atoms with Crippen LogP contribution < -0.4 is 5.32 Å². The third-order valence-corrected chi connectivity index (χ3v) is 4.79. The smallest absolute Gasteiger partial charge is 0.160 e. The second-order valence-corrected chi connectivity index (χ2v) is 6.41. The van der Waals surface area contributed by atoms with Crippen LogP contribution in [0.2, 0.25) is 0 Å². The molecule has 0 radical (unpaired) electrons. The normalized spacial score (nSPS) is 16.2. The Morgan fingerprint density at radius 1 is 1.21 bits per heavy atom. The van der Waals surface area contributed by atoms with Gasteiger partial charge in [0.15, 0.2) is 5.82 Å². The molecule has 1 N–H and O–H groups in total. The number of nitrogens with one attached hydrogen (secondary N) is 1. The van der Waals surface area contributed by atoms with E-state index in [1.54, 1.807) is 0 Å². The number of fused-ring (bicyclic) bond motifs is 2. The van der Waals surface area contributed by atoms with Crippen LogP contribution in [-0.4, -0.2) is 35.8 Å². The van der Waals surface area contributed by atoms with Crippen LogP contribution in [0.25, 0.3) is 11.5 Å². The van der Waals surface area contributed by atoms with Crippen LogP contribution in [0.1, 0.15) is 29.2 Å². The van der Waals surface area contributed by atoms with Gasteiger partial charge in [-0.3, -0.25) is 4.68 Å². The van der Waals surface area contributed by atoms with E-state index in [9.17, 15) is 0 Å². The molecule has 0 aromatic carbocycles. The highest BCUT2D eigenvalue weighted by Gasteiger charge is 2.17. The van der Waals surface area contributed by atoms with Crippen molar-refractivity contribution in [1.29, 1.82) is 0 Å². The van der Waals surface area contributed by atoms with Crippen LogP contribution in [0.15, 0.2) is 24.7 Å². The van der Waals surface area contributed by atoms with E-state index in [0.29, 0.717) is 6.54 Å². The fraction of sp³-hybridized carbons (Fsp3) is 0.412. The summed E-state index contributed by atoms with van der Waals surface area (Å²) in [6.45, 7) is 3.36. The Balaban J connectivity index is 1.46. The van der Waals surface area contributed by atoms with Gasteiger partial charge >= 0.3 is 0 Å². The van der Waals surface area contributed by atoms with Crippen molar-refractivity contribution in [2.45, 2.75) is 38.9 Å². The van der Waals surface area contributed by atoms with Crippen LogP contribution in [0, 0.1) is 0 Å². The highest BCUT2D eigenvalue weighted by Crippen LogP contribution is 2.21. The van der Waals surface area contributed by atoms with Gasteiger partial charge < -0.3 is 9.88 Å². The summed E-state index contributed by atoms with van der Waals surface area (Å²) in [5.41, 5.74) is 4.64. The number of hydrogen-bond acceptors (Lipinski definition) is 5. The van der Waals surface area contributed by atoms with E-state index >= 15 is 0 Å². The number of aromatic nitrogens is 6. The minimum atomic E-state index is 0.628. The molecule has 7 heteroatoms. The average molecular weight is 321 g/mol. The lowest BCUT2D eigenvalue weighted by Crippen LogP contribution is -2.28. The van der Waals surface area contributed by atoms with Crippen molar-refractivity contribution in [2.24, 2.45) is 0 Å². The van der Waals surface area contributed by atoms with Gasteiger partial charge in [0.05, 0.1) is 18.8 Å². The molecule has 122 valence electrons. The van der Waals surface area contributed by atoms with E-state index in [4.69, 9.17) is 10.1 Å². The van der Waals surface area contributed by atoms with Crippen molar-refractivity contribution in [2.75, 3.05) is 6.54 Å². The summed E-state index contributed by atoms with van der Waals surface area (Å²) in [6, 6.07) is 2.12. The average Bonchev–Trinajstić information content (AvgIpc) is 3.33. The Bertz CT molecular complexity index is 869. The van der Waals surface area contributed by atoms with Gasteiger partial charge in [-0.15, -0.1) is 0 Å². The summed E-state index contributed by atoms with van der Waals surface area (Å²) in [5.74, 6) is 1.72. The summed E-state index contributed by atoms with van der Waals surface area (Å²) < 4.78 is 4.15. The lowest BCUT2D eigenvalue weighted by atomic mass is 10.3. The van der Waals surface area contributed by atoms with Crippen molar-refractivity contribution in [3.63, 3.8) is 0 Å². The molecule has 4 heterocycles. The summed E-state index contributed by atoms with van der Waals surface area (Å²) in [7, 11) is 0. The lowest BCUT2D eigenvalue weighted by Gasteiger charge is -2.13. The Kier molecular flexibility index (Phi) is 3.19. The van der Waals surface area contributed by atoms with Gasteiger partial charge in [-0.25, -0.2) is 15.0 Å². The van der Waals surface area contributed by atoms with Gasteiger partial charge in [0.25, 0.3) is 0 Å². The molecule has 1 aliphatic carbocycles. The highest BCUT2D eigenvalue weighted by atomic mass is 15.3. The Labute approximate surface area is 139 Å². The zero-order valence-electron chi connectivity index (χ0n) is 13.4. The van der Waals surface area contributed by atoms with E-state index in [-0.39, 0.29) is 0 Å². The molecule has 0 saturated carbocycles. The molecule has 0 saturated heterocycles. The van der Waals surface area contributed by atoms with E-state index < -0.39 is 0 Å². The summed E-state index contributed by atoms with van der Waals surface area (Å²) in [4.78, 5) is 13.8. The van der Waals surface area contributed by atoms with Crippen LogP contribution in [0.3, 0.4) is 0 Å². The molecule has 0 fully saturated rings. The summed E-state index contributed by atoms with van der Waals surface area (Å²) in [5, 5.41) is 8.08. The van der Waals surface area contributed by atoms with E-state index in [1.165, 1.54) is 23.4 Å². The fourth-order valence-corrected chi connectivity index (χ4v) is 3.56. The Morgan fingerprint density at radius 3 is 3.17 bits per heavy atom. The van der Waals surface area contributed by atoms with Gasteiger partial charge in [0.2, 0.25) is 0 Å². The molecule has 0 bridgehead atoms. The molecule has 5 rings (SSSR count). The molecule has 7 nitrogen and oxygen atoms in total. The molecule has 3 aromatic heterocycles. The quantitative estimate of drug-likeness (QED) is 0.784. The second kappa shape index (κ2) is 5.52. The molecule has 0 spiro atoms. The maximum absolute atomic E-state index is 4.73. The minimum Gasteiger partial charge on any atom is -0.322 e. The summed E-state index contributed by atoms with van der Waals surface area (Å²) in [6.07, 6.45) is 9.16. The number of rotatable bonds is 3. The molecule has 1 aliphatic heterocycles. The predicted octanol–water partition coefficient (Wildman–Crippen LogP) is 1.18. The van der Waals surface area contributed by atoms with Crippen molar-refractivity contribution < 1.29 is 0 Å². The SMILES string of the molecule is c1cn(Cc2ncc3c(n2)CCC3)c(-c2cc3n(n2)CCNC3)n1. The molecule has 0 atom stereocenters. The van der Waals surface area contributed by atoms with Crippen LogP contribution in [-0.2, 0) is 32.5 Å². The van der Waals surface area contributed by atoms with Crippen molar-refractivity contribution in [1.82, 2.24) is 34.6 Å². The van der Waals surface area contributed by atoms with Gasteiger partial charge in [0.1, 0.15) is 11.5 Å².